The van der Waals surface area contributed by atoms with Crippen LogP contribution in [0.4, 0.5) is 0 Å². The molecule has 0 radical (unpaired) electrons. The Hall–Kier alpha value is -1.36. The number of rotatable bonds is 4. The molecule has 0 unspecified atom stereocenters. The first kappa shape index (κ1) is 14.7. The molecule has 1 aromatic rings. The molecule has 98 valence electrons. The molecular weight excluding hydrogens is 296 g/mol. The third-order valence-corrected chi connectivity index (χ3v) is 3.27. The molecule has 0 aliphatic rings. The van der Waals surface area contributed by atoms with Crippen molar-refractivity contribution in [3.8, 4) is 0 Å². The van der Waals surface area contributed by atoms with E-state index in [1.807, 2.05) is 31.2 Å². The Bertz CT molecular complexity index is 448. The van der Waals surface area contributed by atoms with Crippen LogP contribution in [0.25, 0.3) is 0 Å². The van der Waals surface area contributed by atoms with Crippen LogP contribution in [-0.4, -0.2) is 17.9 Å². The Morgan fingerprint density at radius 2 is 1.78 bits per heavy atom. The first-order valence-electron chi connectivity index (χ1n) is 5.73. The molecular formula is C13H17BrN2O2. The van der Waals surface area contributed by atoms with Crippen molar-refractivity contribution in [3.05, 3.63) is 34.3 Å². The van der Waals surface area contributed by atoms with Gasteiger partial charge in [0.15, 0.2) is 0 Å². The van der Waals surface area contributed by atoms with Gasteiger partial charge in [0.25, 0.3) is 0 Å². The second-order valence-corrected chi connectivity index (χ2v) is 5.03. The number of halogens is 1. The lowest BCUT2D eigenvalue weighted by Crippen LogP contribution is -2.44. The molecule has 0 fully saturated rings. The SMILES string of the molecule is CC(=O)N[C@@H](C)C(=O)N[C@H](C)c1ccccc1Br. The van der Waals surface area contributed by atoms with Crippen LogP contribution in [-0.2, 0) is 9.59 Å². The van der Waals surface area contributed by atoms with Gasteiger partial charge in [0.2, 0.25) is 11.8 Å². The molecule has 0 heterocycles. The van der Waals surface area contributed by atoms with E-state index in [4.69, 9.17) is 0 Å². The van der Waals surface area contributed by atoms with Crippen molar-refractivity contribution in [3.63, 3.8) is 0 Å². The van der Waals surface area contributed by atoms with Crippen molar-refractivity contribution in [2.24, 2.45) is 0 Å². The Labute approximate surface area is 115 Å². The molecule has 2 atom stereocenters. The first-order valence-corrected chi connectivity index (χ1v) is 6.53. The van der Waals surface area contributed by atoms with Gasteiger partial charge in [-0.2, -0.15) is 0 Å². The van der Waals surface area contributed by atoms with Crippen molar-refractivity contribution < 1.29 is 9.59 Å². The normalized spacial score (nSPS) is 13.6. The van der Waals surface area contributed by atoms with Gasteiger partial charge in [-0.1, -0.05) is 34.1 Å². The highest BCUT2D eigenvalue weighted by Crippen LogP contribution is 2.22. The average molecular weight is 313 g/mol. The van der Waals surface area contributed by atoms with Gasteiger partial charge in [0.1, 0.15) is 6.04 Å². The molecule has 5 heteroatoms. The molecule has 1 rings (SSSR count). The van der Waals surface area contributed by atoms with E-state index in [2.05, 4.69) is 26.6 Å². The molecule has 0 aliphatic carbocycles. The standard InChI is InChI=1S/C13H17BrN2O2/c1-8(11-6-4-5-7-12(11)14)16-13(18)9(2)15-10(3)17/h4-9H,1-3H3,(H,15,17)(H,16,18)/t8-,9+/m1/s1. The lowest BCUT2D eigenvalue weighted by molar-refractivity contribution is -0.128. The van der Waals surface area contributed by atoms with Crippen LogP contribution in [0.15, 0.2) is 28.7 Å². The quantitative estimate of drug-likeness (QED) is 0.895. The summed E-state index contributed by atoms with van der Waals surface area (Å²) >= 11 is 3.44. The van der Waals surface area contributed by atoms with Crippen molar-refractivity contribution >= 4 is 27.7 Å². The van der Waals surface area contributed by atoms with E-state index < -0.39 is 6.04 Å². The van der Waals surface area contributed by atoms with E-state index in [0.29, 0.717) is 0 Å². The minimum absolute atomic E-state index is 0.121. The Morgan fingerprint density at radius 1 is 1.17 bits per heavy atom. The molecule has 2 amide bonds. The molecule has 0 aliphatic heterocycles. The van der Waals surface area contributed by atoms with Crippen LogP contribution in [0.5, 0.6) is 0 Å². The van der Waals surface area contributed by atoms with Gasteiger partial charge in [0.05, 0.1) is 6.04 Å². The topological polar surface area (TPSA) is 58.2 Å². The smallest absolute Gasteiger partial charge is 0.242 e. The highest BCUT2D eigenvalue weighted by molar-refractivity contribution is 9.10. The highest BCUT2D eigenvalue weighted by Gasteiger charge is 2.17. The zero-order valence-corrected chi connectivity index (χ0v) is 12.2. The summed E-state index contributed by atoms with van der Waals surface area (Å²) < 4.78 is 0.949. The monoisotopic (exact) mass is 312 g/mol. The summed E-state index contributed by atoms with van der Waals surface area (Å²) in [5.74, 6) is -0.417. The summed E-state index contributed by atoms with van der Waals surface area (Å²) in [7, 11) is 0. The number of carbonyl (C=O) groups excluding carboxylic acids is 2. The minimum atomic E-state index is -0.535. The third-order valence-electron chi connectivity index (χ3n) is 2.54. The van der Waals surface area contributed by atoms with E-state index in [1.165, 1.54) is 6.92 Å². The van der Waals surface area contributed by atoms with Crippen molar-refractivity contribution in [2.75, 3.05) is 0 Å². The number of carbonyl (C=O) groups is 2. The second kappa shape index (κ2) is 6.54. The van der Waals surface area contributed by atoms with Gasteiger partial charge in [-0.15, -0.1) is 0 Å². The lowest BCUT2D eigenvalue weighted by Gasteiger charge is -2.19. The predicted molar refractivity (Wildman–Crippen MR) is 74.0 cm³/mol. The summed E-state index contributed by atoms with van der Waals surface area (Å²) in [6.45, 7) is 4.95. The molecule has 0 saturated carbocycles. The summed E-state index contributed by atoms with van der Waals surface area (Å²) in [4.78, 5) is 22.7. The maximum Gasteiger partial charge on any atom is 0.242 e. The zero-order chi connectivity index (χ0) is 13.7. The van der Waals surface area contributed by atoms with E-state index >= 15 is 0 Å². The third kappa shape index (κ3) is 4.14. The number of hydrogen-bond donors (Lipinski definition) is 2. The van der Waals surface area contributed by atoms with E-state index in [9.17, 15) is 9.59 Å². The van der Waals surface area contributed by atoms with Crippen LogP contribution in [0.1, 0.15) is 32.4 Å². The van der Waals surface area contributed by atoms with E-state index in [1.54, 1.807) is 6.92 Å². The molecule has 18 heavy (non-hydrogen) atoms. The van der Waals surface area contributed by atoms with Crippen molar-refractivity contribution in [1.82, 2.24) is 10.6 Å². The summed E-state index contributed by atoms with van der Waals surface area (Å²) in [5.41, 5.74) is 1.00. The van der Waals surface area contributed by atoms with Crippen LogP contribution < -0.4 is 10.6 Å². The highest BCUT2D eigenvalue weighted by atomic mass is 79.9. The molecule has 1 aromatic carbocycles. The minimum Gasteiger partial charge on any atom is -0.348 e. The number of amides is 2. The summed E-state index contributed by atoms with van der Waals surface area (Å²) in [5, 5.41) is 5.41. The zero-order valence-electron chi connectivity index (χ0n) is 10.7. The van der Waals surface area contributed by atoms with Crippen LogP contribution in [0.3, 0.4) is 0 Å². The Morgan fingerprint density at radius 3 is 2.33 bits per heavy atom. The molecule has 0 spiro atoms. The maximum absolute atomic E-state index is 11.8. The average Bonchev–Trinajstić information content (AvgIpc) is 2.28. The van der Waals surface area contributed by atoms with Crippen molar-refractivity contribution in [1.29, 1.82) is 0 Å². The largest absolute Gasteiger partial charge is 0.348 e. The molecule has 4 nitrogen and oxygen atoms in total. The van der Waals surface area contributed by atoms with Gasteiger partial charge >= 0.3 is 0 Å². The number of benzene rings is 1. The molecule has 0 bridgehead atoms. The molecule has 2 N–H and O–H groups in total. The molecule has 0 saturated heterocycles. The van der Waals surface area contributed by atoms with E-state index in [0.717, 1.165) is 10.0 Å². The fourth-order valence-corrected chi connectivity index (χ4v) is 2.24. The number of nitrogens with one attached hydrogen (secondary N) is 2. The lowest BCUT2D eigenvalue weighted by atomic mass is 10.1. The molecule has 0 aromatic heterocycles. The Balaban J connectivity index is 2.65. The number of hydrogen-bond acceptors (Lipinski definition) is 2. The van der Waals surface area contributed by atoms with Crippen molar-refractivity contribution in [2.45, 2.75) is 32.9 Å². The fraction of sp³-hybridized carbons (Fsp3) is 0.385. The van der Waals surface area contributed by atoms with Gasteiger partial charge in [0, 0.05) is 11.4 Å². The van der Waals surface area contributed by atoms with Crippen LogP contribution in [0, 0.1) is 0 Å². The van der Waals surface area contributed by atoms with Gasteiger partial charge in [-0.3, -0.25) is 9.59 Å². The van der Waals surface area contributed by atoms with Crippen LogP contribution >= 0.6 is 15.9 Å². The van der Waals surface area contributed by atoms with E-state index in [-0.39, 0.29) is 17.9 Å². The maximum atomic E-state index is 11.8. The van der Waals surface area contributed by atoms with Gasteiger partial charge < -0.3 is 10.6 Å². The second-order valence-electron chi connectivity index (χ2n) is 4.17. The summed E-state index contributed by atoms with van der Waals surface area (Å²) in [6.07, 6.45) is 0. The van der Waals surface area contributed by atoms with Gasteiger partial charge in [-0.25, -0.2) is 0 Å². The van der Waals surface area contributed by atoms with Gasteiger partial charge in [-0.05, 0) is 25.5 Å². The fourth-order valence-electron chi connectivity index (χ4n) is 1.61. The summed E-state index contributed by atoms with van der Waals surface area (Å²) in [6, 6.07) is 7.05. The first-order chi connectivity index (χ1) is 8.41. The van der Waals surface area contributed by atoms with Crippen LogP contribution in [0.2, 0.25) is 0 Å². The Kier molecular flexibility index (Phi) is 5.34. The predicted octanol–water partition coefficient (Wildman–Crippen LogP) is 2.15.